The normalized spacial score (nSPS) is 33.3. The Labute approximate surface area is 292 Å². The molecule has 3 aliphatic rings. The number of halogens is 1. The number of ether oxygens (including phenoxy) is 6. The topological polar surface area (TPSA) is 88.4 Å². The van der Waals surface area contributed by atoms with Gasteiger partial charge < -0.3 is 32.8 Å². The lowest BCUT2D eigenvalue weighted by Gasteiger charge is -2.48. The molecule has 0 aromatic heterocycles. The molecule has 7 atom stereocenters. The SMILES string of the molecule is CC1(C)O[C@@H](C[C@@]2(C#N)C[C@@H](CI)OC(C)(C)O2)C[C@H](C[C@H]2C[C@@H](O[Si](C)(C)C(C)(C)C)C[C@@H](CCOCc3ccccc3)O2)O1. The molecule has 0 N–H and O–H groups in total. The Morgan fingerprint density at radius 1 is 0.913 bits per heavy atom. The highest BCUT2D eigenvalue weighted by Crippen LogP contribution is 2.43. The van der Waals surface area contributed by atoms with Crippen molar-refractivity contribution in [3.63, 3.8) is 0 Å². The molecule has 0 saturated carbocycles. The molecule has 10 heteroatoms. The standard InChI is InChI=1S/C36H58INO7Si/c1-33(2,3)46(8,9)44-30-17-27(15-16-39-24-26-13-11-10-12-14-26)40-28(19-30)18-29-20-31(42-34(4,5)41-29)21-36(25-38)22-32(23-37)43-35(6,7)45-36/h10-14,27-32H,15-24H2,1-9H3/t27-,28+,29+,30+,31-,32+,36+/m1/s1. The van der Waals surface area contributed by atoms with Gasteiger partial charge in [0.15, 0.2) is 25.5 Å². The van der Waals surface area contributed by atoms with Crippen molar-refractivity contribution >= 4 is 30.9 Å². The fourth-order valence-corrected chi connectivity index (χ4v) is 8.77. The van der Waals surface area contributed by atoms with Gasteiger partial charge in [0.05, 0.1) is 43.2 Å². The van der Waals surface area contributed by atoms with E-state index < -0.39 is 25.5 Å². The van der Waals surface area contributed by atoms with Gasteiger partial charge in [-0.25, -0.2) is 0 Å². The number of hydrogen-bond donors (Lipinski definition) is 0. The van der Waals surface area contributed by atoms with Gasteiger partial charge in [0.25, 0.3) is 0 Å². The Bertz CT molecular complexity index is 1150. The van der Waals surface area contributed by atoms with Crippen molar-refractivity contribution in [3.8, 4) is 6.07 Å². The molecule has 8 nitrogen and oxygen atoms in total. The smallest absolute Gasteiger partial charge is 0.192 e. The second-order valence-corrected chi connectivity index (χ2v) is 21.6. The molecule has 0 spiro atoms. The highest BCUT2D eigenvalue weighted by Gasteiger charge is 2.50. The molecule has 1 aromatic rings. The van der Waals surface area contributed by atoms with Crippen LogP contribution in [-0.2, 0) is 39.5 Å². The minimum Gasteiger partial charge on any atom is -0.414 e. The fraction of sp³-hybridized carbons (Fsp3) is 0.806. The zero-order valence-electron chi connectivity index (χ0n) is 29.6. The Hall–Kier alpha value is -0.623. The summed E-state index contributed by atoms with van der Waals surface area (Å²) in [6.45, 7) is 20.5. The minimum atomic E-state index is -1.97. The summed E-state index contributed by atoms with van der Waals surface area (Å²) in [7, 11) is -1.97. The van der Waals surface area contributed by atoms with Gasteiger partial charge in [0, 0.05) is 42.8 Å². The first-order valence-electron chi connectivity index (χ1n) is 17.1. The van der Waals surface area contributed by atoms with E-state index in [1.165, 1.54) is 5.56 Å². The summed E-state index contributed by atoms with van der Waals surface area (Å²) >= 11 is 2.32. The summed E-state index contributed by atoms with van der Waals surface area (Å²) in [5, 5.41) is 10.5. The van der Waals surface area contributed by atoms with Gasteiger partial charge in [0.1, 0.15) is 0 Å². The molecular formula is C36H58INO7Si. The first-order valence-corrected chi connectivity index (χ1v) is 21.5. The highest BCUT2D eigenvalue weighted by atomic mass is 127. The Morgan fingerprint density at radius 3 is 2.22 bits per heavy atom. The van der Waals surface area contributed by atoms with Crippen molar-refractivity contribution in [1.82, 2.24) is 0 Å². The van der Waals surface area contributed by atoms with Crippen molar-refractivity contribution in [1.29, 1.82) is 5.26 Å². The van der Waals surface area contributed by atoms with Gasteiger partial charge in [-0.15, -0.1) is 0 Å². The second kappa shape index (κ2) is 15.5. The van der Waals surface area contributed by atoms with Crippen LogP contribution in [0.25, 0.3) is 0 Å². The monoisotopic (exact) mass is 771 g/mol. The maximum Gasteiger partial charge on any atom is 0.192 e. The van der Waals surface area contributed by atoms with E-state index in [1.807, 2.05) is 45.9 Å². The first-order chi connectivity index (χ1) is 21.4. The largest absolute Gasteiger partial charge is 0.414 e. The van der Waals surface area contributed by atoms with Crippen LogP contribution >= 0.6 is 22.6 Å². The van der Waals surface area contributed by atoms with Crippen molar-refractivity contribution < 1.29 is 32.8 Å². The summed E-state index contributed by atoms with van der Waals surface area (Å²) < 4.78 is 46.0. The van der Waals surface area contributed by atoms with Crippen LogP contribution < -0.4 is 0 Å². The number of benzene rings is 1. The third-order valence-electron chi connectivity index (χ3n) is 9.73. The van der Waals surface area contributed by atoms with E-state index in [2.05, 4.69) is 74.7 Å². The van der Waals surface area contributed by atoms with Crippen molar-refractivity contribution in [2.24, 2.45) is 0 Å². The van der Waals surface area contributed by atoms with Gasteiger partial charge in [-0.1, -0.05) is 73.7 Å². The van der Waals surface area contributed by atoms with E-state index in [4.69, 9.17) is 32.8 Å². The number of nitriles is 1. The predicted octanol–water partition coefficient (Wildman–Crippen LogP) is 8.46. The lowest BCUT2D eigenvalue weighted by atomic mass is 9.86. The highest BCUT2D eigenvalue weighted by molar-refractivity contribution is 14.1. The fourth-order valence-electron chi connectivity index (χ4n) is 6.89. The molecular weight excluding hydrogens is 713 g/mol. The number of hydrogen-bond acceptors (Lipinski definition) is 8. The van der Waals surface area contributed by atoms with Crippen LogP contribution in [0.2, 0.25) is 18.1 Å². The lowest BCUT2D eigenvalue weighted by molar-refractivity contribution is -0.338. The van der Waals surface area contributed by atoms with E-state index >= 15 is 0 Å². The molecule has 260 valence electrons. The molecule has 3 saturated heterocycles. The van der Waals surface area contributed by atoms with Crippen molar-refractivity contribution in [3.05, 3.63) is 35.9 Å². The number of nitrogens with zero attached hydrogens (tertiary/aromatic N) is 1. The molecule has 3 fully saturated rings. The average molecular weight is 772 g/mol. The summed E-state index contributed by atoms with van der Waals surface area (Å²) in [5.41, 5.74) is 0.199. The molecule has 0 amide bonds. The van der Waals surface area contributed by atoms with Gasteiger partial charge in [0.2, 0.25) is 0 Å². The van der Waals surface area contributed by atoms with Crippen molar-refractivity contribution in [2.75, 3.05) is 11.0 Å². The van der Waals surface area contributed by atoms with E-state index in [-0.39, 0.29) is 41.7 Å². The Kier molecular flexibility index (Phi) is 12.9. The second-order valence-electron chi connectivity index (χ2n) is 15.9. The molecule has 3 aliphatic heterocycles. The maximum absolute atomic E-state index is 10.4. The van der Waals surface area contributed by atoms with Crippen LogP contribution in [0.15, 0.2) is 30.3 Å². The lowest BCUT2D eigenvalue weighted by Crippen LogP contribution is -2.55. The molecule has 4 rings (SSSR count). The van der Waals surface area contributed by atoms with Crippen LogP contribution in [0.1, 0.15) is 99.0 Å². The molecule has 1 aromatic carbocycles. The van der Waals surface area contributed by atoms with Gasteiger partial charge in [-0.3, -0.25) is 0 Å². The maximum atomic E-state index is 10.4. The number of alkyl halides is 1. The van der Waals surface area contributed by atoms with Crippen LogP contribution in [0, 0.1) is 11.3 Å². The molecule has 46 heavy (non-hydrogen) atoms. The van der Waals surface area contributed by atoms with E-state index in [0.29, 0.717) is 32.5 Å². The quantitative estimate of drug-likeness (QED) is 0.0906. The Balaban J connectivity index is 1.43. The summed E-state index contributed by atoms with van der Waals surface area (Å²) in [4.78, 5) is 0. The van der Waals surface area contributed by atoms with E-state index in [1.54, 1.807) is 0 Å². The summed E-state index contributed by atoms with van der Waals surface area (Å²) in [6.07, 6.45) is 4.80. The third kappa shape index (κ3) is 10.9. The number of rotatable bonds is 12. The molecule has 0 unspecified atom stereocenters. The predicted molar refractivity (Wildman–Crippen MR) is 190 cm³/mol. The zero-order valence-corrected chi connectivity index (χ0v) is 32.8. The van der Waals surface area contributed by atoms with E-state index in [9.17, 15) is 5.26 Å². The zero-order chi connectivity index (χ0) is 33.8. The van der Waals surface area contributed by atoms with Crippen LogP contribution in [0.3, 0.4) is 0 Å². The Morgan fingerprint density at radius 2 is 1.57 bits per heavy atom. The molecule has 0 aliphatic carbocycles. The molecule has 0 bridgehead atoms. The van der Waals surface area contributed by atoms with Crippen LogP contribution in [0.4, 0.5) is 0 Å². The molecule has 3 heterocycles. The summed E-state index contributed by atoms with van der Waals surface area (Å²) in [6, 6.07) is 12.8. The van der Waals surface area contributed by atoms with Gasteiger partial charge in [-0.05, 0) is 70.7 Å². The van der Waals surface area contributed by atoms with E-state index in [0.717, 1.165) is 30.1 Å². The average Bonchev–Trinajstić information content (AvgIpc) is 2.93. The minimum absolute atomic E-state index is 0.00576. The van der Waals surface area contributed by atoms with Crippen molar-refractivity contribution in [2.45, 2.75) is 172 Å². The third-order valence-corrected chi connectivity index (χ3v) is 15.3. The van der Waals surface area contributed by atoms with Crippen LogP contribution in [-0.4, -0.2) is 73.2 Å². The molecule has 0 radical (unpaired) electrons. The van der Waals surface area contributed by atoms with Gasteiger partial charge >= 0.3 is 0 Å². The first kappa shape index (κ1) is 38.2. The van der Waals surface area contributed by atoms with Crippen LogP contribution in [0.5, 0.6) is 0 Å². The summed E-state index contributed by atoms with van der Waals surface area (Å²) in [5.74, 6) is -1.62. The van der Waals surface area contributed by atoms with Gasteiger partial charge in [-0.2, -0.15) is 5.26 Å².